The van der Waals surface area contributed by atoms with Crippen molar-refractivity contribution in [3.05, 3.63) is 46.3 Å². The number of hydrogen-bond donors (Lipinski definition) is 2. The third kappa shape index (κ3) is 2.23. The van der Waals surface area contributed by atoms with Gasteiger partial charge in [-0.2, -0.15) is 5.10 Å². The molecule has 0 radical (unpaired) electrons. The normalized spacial score (nSPS) is 10.2. The monoisotopic (exact) mass is 233 g/mol. The van der Waals surface area contributed by atoms with Gasteiger partial charge in [0.05, 0.1) is 22.0 Å². The number of nitrogens with two attached hydrogens (primary N) is 1. The first kappa shape index (κ1) is 11.1. The molecule has 7 nitrogen and oxygen atoms in total. The summed E-state index contributed by atoms with van der Waals surface area (Å²) in [7, 11) is 0. The summed E-state index contributed by atoms with van der Waals surface area (Å²) in [5.74, 6) is 5.27. The molecule has 0 saturated carbocycles. The van der Waals surface area contributed by atoms with Gasteiger partial charge in [0.15, 0.2) is 0 Å². The molecule has 3 N–H and O–H groups in total. The van der Waals surface area contributed by atoms with E-state index in [1.54, 1.807) is 16.9 Å². The number of nitro benzene ring substituents is 1. The van der Waals surface area contributed by atoms with Crippen LogP contribution >= 0.6 is 0 Å². The third-order valence-electron chi connectivity index (χ3n) is 2.27. The first-order valence-corrected chi connectivity index (χ1v) is 4.89. The van der Waals surface area contributed by atoms with Crippen molar-refractivity contribution in [3.63, 3.8) is 0 Å². The van der Waals surface area contributed by atoms with Crippen LogP contribution in [0.3, 0.4) is 0 Å². The van der Waals surface area contributed by atoms with E-state index in [0.29, 0.717) is 11.4 Å². The molecule has 1 aromatic heterocycles. The number of nitrogens with one attached hydrogen (secondary N) is 1. The molecule has 0 saturated heterocycles. The van der Waals surface area contributed by atoms with Crippen molar-refractivity contribution in [1.82, 2.24) is 9.78 Å². The predicted octanol–water partition coefficient (Wildman–Crippen LogP) is 1.37. The Morgan fingerprint density at radius 3 is 2.76 bits per heavy atom. The lowest BCUT2D eigenvalue weighted by molar-refractivity contribution is -0.384. The highest BCUT2D eigenvalue weighted by Gasteiger charge is 2.10. The van der Waals surface area contributed by atoms with Crippen LogP contribution in [0.15, 0.2) is 30.5 Å². The standard InChI is InChI=1S/C10H11N5O2/c1-7-2-3-14(13-7)9-4-8(12-11)5-10(6-9)15(16)17/h2-6,12H,11H2,1H3. The zero-order valence-electron chi connectivity index (χ0n) is 9.12. The molecular formula is C10H11N5O2. The Bertz CT molecular complexity index is 564. The van der Waals surface area contributed by atoms with Crippen LogP contribution in [0.5, 0.6) is 0 Å². The zero-order chi connectivity index (χ0) is 12.4. The van der Waals surface area contributed by atoms with E-state index in [9.17, 15) is 10.1 Å². The highest BCUT2D eigenvalue weighted by molar-refractivity contribution is 5.58. The third-order valence-corrected chi connectivity index (χ3v) is 2.27. The van der Waals surface area contributed by atoms with Gasteiger partial charge in [-0.3, -0.25) is 16.0 Å². The number of hydrogen-bond acceptors (Lipinski definition) is 5. The first-order chi connectivity index (χ1) is 8.10. The molecule has 2 rings (SSSR count). The van der Waals surface area contributed by atoms with E-state index < -0.39 is 4.92 Å². The minimum absolute atomic E-state index is 0.0383. The number of benzene rings is 1. The summed E-state index contributed by atoms with van der Waals surface area (Å²) in [6.45, 7) is 1.84. The summed E-state index contributed by atoms with van der Waals surface area (Å²) >= 11 is 0. The molecule has 88 valence electrons. The minimum Gasteiger partial charge on any atom is -0.324 e. The van der Waals surface area contributed by atoms with E-state index in [0.717, 1.165) is 5.69 Å². The zero-order valence-corrected chi connectivity index (χ0v) is 9.12. The van der Waals surface area contributed by atoms with Gasteiger partial charge < -0.3 is 5.43 Å². The van der Waals surface area contributed by atoms with Crippen LogP contribution in [-0.2, 0) is 0 Å². The topological polar surface area (TPSA) is 99.0 Å². The molecule has 0 fully saturated rings. The summed E-state index contributed by atoms with van der Waals surface area (Å²) in [6, 6.07) is 6.29. The second-order valence-corrected chi connectivity index (χ2v) is 3.54. The number of nitrogen functional groups attached to an aromatic ring is 1. The maximum absolute atomic E-state index is 10.8. The van der Waals surface area contributed by atoms with Crippen LogP contribution in [0.1, 0.15) is 5.69 Å². The van der Waals surface area contributed by atoms with Crippen LogP contribution < -0.4 is 11.3 Å². The van der Waals surface area contributed by atoms with Crippen LogP contribution in [0, 0.1) is 17.0 Å². The number of rotatable bonds is 3. The van der Waals surface area contributed by atoms with Gasteiger partial charge in [-0.25, -0.2) is 4.68 Å². The number of anilines is 1. The van der Waals surface area contributed by atoms with Gasteiger partial charge in [0.1, 0.15) is 0 Å². The fourth-order valence-electron chi connectivity index (χ4n) is 1.48. The van der Waals surface area contributed by atoms with Crippen LogP contribution in [0.25, 0.3) is 5.69 Å². The summed E-state index contributed by atoms with van der Waals surface area (Å²) in [6.07, 6.45) is 1.73. The van der Waals surface area contributed by atoms with Gasteiger partial charge in [0.25, 0.3) is 5.69 Å². The van der Waals surface area contributed by atoms with Crippen LogP contribution in [0.4, 0.5) is 11.4 Å². The molecule has 0 bridgehead atoms. The molecule has 0 atom stereocenters. The van der Waals surface area contributed by atoms with Crippen molar-refractivity contribution < 1.29 is 4.92 Å². The Hall–Kier alpha value is -2.41. The summed E-state index contributed by atoms with van der Waals surface area (Å²) in [5.41, 5.74) is 4.23. The van der Waals surface area contributed by atoms with E-state index in [1.165, 1.54) is 12.1 Å². The maximum Gasteiger partial charge on any atom is 0.273 e. The number of aryl methyl sites for hydroxylation is 1. The average molecular weight is 233 g/mol. The molecule has 0 aliphatic rings. The van der Waals surface area contributed by atoms with E-state index in [-0.39, 0.29) is 5.69 Å². The number of non-ortho nitro benzene ring substituents is 1. The highest BCUT2D eigenvalue weighted by Crippen LogP contribution is 2.22. The minimum atomic E-state index is -0.472. The second kappa shape index (κ2) is 4.22. The first-order valence-electron chi connectivity index (χ1n) is 4.89. The quantitative estimate of drug-likeness (QED) is 0.474. The fraction of sp³-hybridized carbons (Fsp3) is 0.100. The van der Waals surface area contributed by atoms with Gasteiger partial charge in [0.2, 0.25) is 0 Å². The van der Waals surface area contributed by atoms with E-state index in [4.69, 9.17) is 5.84 Å². The average Bonchev–Trinajstić information content (AvgIpc) is 2.75. The van der Waals surface area contributed by atoms with Crippen molar-refractivity contribution >= 4 is 11.4 Å². The SMILES string of the molecule is Cc1ccn(-c2cc(NN)cc([N+](=O)[O-])c2)n1. The Labute approximate surface area is 97.0 Å². The van der Waals surface area contributed by atoms with Crippen LogP contribution in [-0.4, -0.2) is 14.7 Å². The van der Waals surface area contributed by atoms with Gasteiger partial charge >= 0.3 is 0 Å². The van der Waals surface area contributed by atoms with Crippen LogP contribution in [0.2, 0.25) is 0 Å². The molecule has 0 unspecified atom stereocenters. The number of nitrogens with zero attached hydrogens (tertiary/aromatic N) is 3. The van der Waals surface area contributed by atoms with Gasteiger partial charge in [-0.1, -0.05) is 0 Å². The molecule has 0 aliphatic carbocycles. The van der Waals surface area contributed by atoms with E-state index >= 15 is 0 Å². The van der Waals surface area contributed by atoms with Crippen molar-refractivity contribution in [2.75, 3.05) is 5.43 Å². The maximum atomic E-state index is 10.8. The molecule has 0 spiro atoms. The lowest BCUT2D eigenvalue weighted by Crippen LogP contribution is -2.08. The number of nitro groups is 1. The van der Waals surface area contributed by atoms with Crippen molar-refractivity contribution in [2.24, 2.45) is 5.84 Å². The number of aromatic nitrogens is 2. The van der Waals surface area contributed by atoms with Gasteiger partial charge in [0, 0.05) is 18.3 Å². The molecule has 1 aromatic carbocycles. The van der Waals surface area contributed by atoms with Crippen molar-refractivity contribution in [1.29, 1.82) is 0 Å². The summed E-state index contributed by atoms with van der Waals surface area (Å²) < 4.78 is 1.56. The number of hydrazine groups is 1. The lowest BCUT2D eigenvalue weighted by atomic mass is 10.2. The molecule has 1 heterocycles. The molecule has 17 heavy (non-hydrogen) atoms. The fourth-order valence-corrected chi connectivity index (χ4v) is 1.48. The summed E-state index contributed by atoms with van der Waals surface area (Å²) in [5, 5.41) is 14.9. The molecular weight excluding hydrogens is 222 g/mol. The van der Waals surface area contributed by atoms with E-state index in [1.807, 2.05) is 13.0 Å². The molecule has 7 heteroatoms. The Balaban J connectivity index is 2.53. The van der Waals surface area contributed by atoms with E-state index in [2.05, 4.69) is 10.5 Å². The largest absolute Gasteiger partial charge is 0.324 e. The molecule has 0 amide bonds. The second-order valence-electron chi connectivity index (χ2n) is 3.54. The molecule has 2 aromatic rings. The van der Waals surface area contributed by atoms with Crippen molar-refractivity contribution in [3.8, 4) is 5.69 Å². The van der Waals surface area contributed by atoms with Gasteiger partial charge in [-0.05, 0) is 19.1 Å². The molecule has 0 aliphatic heterocycles. The summed E-state index contributed by atoms with van der Waals surface area (Å²) in [4.78, 5) is 10.3. The lowest BCUT2D eigenvalue weighted by Gasteiger charge is -2.05. The Morgan fingerprint density at radius 2 is 2.24 bits per heavy atom. The smallest absolute Gasteiger partial charge is 0.273 e. The predicted molar refractivity (Wildman–Crippen MR) is 62.8 cm³/mol. The Morgan fingerprint density at radius 1 is 1.47 bits per heavy atom. The highest BCUT2D eigenvalue weighted by atomic mass is 16.6. The Kier molecular flexibility index (Phi) is 2.75. The van der Waals surface area contributed by atoms with Gasteiger partial charge in [-0.15, -0.1) is 0 Å². The van der Waals surface area contributed by atoms with Crippen molar-refractivity contribution in [2.45, 2.75) is 6.92 Å².